The van der Waals surface area contributed by atoms with Crippen molar-refractivity contribution in [2.45, 2.75) is 26.2 Å². The fraction of sp³-hybridized carbons (Fsp3) is 0.0455. The van der Waals surface area contributed by atoms with Crippen molar-refractivity contribution in [1.29, 1.82) is 0 Å². The Bertz CT molecular complexity index is 6620. The van der Waals surface area contributed by atoms with Gasteiger partial charge in [0.05, 0.1) is 49.8 Å². The molecule has 0 saturated carbocycles. The Kier molecular flexibility index (Phi) is 11.8. The molecule has 9 heteroatoms. The van der Waals surface area contributed by atoms with Gasteiger partial charge in [-0.2, -0.15) is 18.2 Å². The van der Waals surface area contributed by atoms with Crippen molar-refractivity contribution < 1.29 is 30.4 Å². The second-order valence-corrected chi connectivity index (χ2v) is 26.7. The fourth-order valence-electron chi connectivity index (χ4n) is 16.2. The Labute approximate surface area is 572 Å². The number of fused-ring (bicyclic) bond motifs is 8. The molecule has 5 aliphatic heterocycles. The average molecular weight is 1420 g/mol. The summed E-state index contributed by atoms with van der Waals surface area (Å²) in [6.07, 6.45) is 5.89. The molecule has 0 unspecified atom stereocenters. The van der Waals surface area contributed by atoms with Gasteiger partial charge in [-0.3, -0.25) is 4.57 Å². The summed E-state index contributed by atoms with van der Waals surface area (Å²) in [6, 6.07) is 108. The summed E-state index contributed by atoms with van der Waals surface area (Å²) < 4.78 is 21.1. The van der Waals surface area contributed by atoms with Crippen LogP contribution in [0.1, 0.15) is 26.3 Å². The molecule has 19 aromatic rings. The van der Waals surface area contributed by atoms with Crippen LogP contribution >= 0.6 is 0 Å². The number of para-hydroxylation sites is 6. The molecule has 8 nitrogen and oxygen atoms in total. The van der Waals surface area contributed by atoms with E-state index in [0.29, 0.717) is 11.5 Å². The van der Waals surface area contributed by atoms with Crippen molar-refractivity contribution in [1.82, 2.24) is 27.8 Å². The zero-order valence-corrected chi connectivity index (χ0v) is 55.2. The van der Waals surface area contributed by atoms with E-state index in [1.54, 1.807) is 0 Å². The topological polar surface area (TPSA) is 50.7 Å². The molecule has 0 aliphatic carbocycles. The van der Waals surface area contributed by atoms with Crippen LogP contribution in [-0.2, 0) is 26.5 Å². The molecule has 0 fully saturated rings. The molecule has 11 heterocycles. The number of pyridine rings is 1. The quantitative estimate of drug-likeness (QED) is 0.121. The minimum absolute atomic E-state index is 0. The predicted octanol–water partition coefficient (Wildman–Crippen LogP) is 21.5. The Balaban J connectivity index is 0.00000641. The molecule has 460 valence electrons. The third kappa shape index (κ3) is 7.96. The third-order valence-corrected chi connectivity index (χ3v) is 20.4. The first-order chi connectivity index (χ1) is 47.3. The predicted molar refractivity (Wildman–Crippen MR) is 391 cm³/mol. The first kappa shape index (κ1) is 55.6. The van der Waals surface area contributed by atoms with Crippen LogP contribution in [0, 0.1) is 18.5 Å². The molecule has 97 heavy (non-hydrogen) atoms. The van der Waals surface area contributed by atoms with Crippen LogP contribution in [0.15, 0.2) is 279 Å². The molecule has 16 bridgehead atoms. The molecule has 6 aromatic heterocycles. The smallest absolute Gasteiger partial charge is 0.268 e. The van der Waals surface area contributed by atoms with Crippen molar-refractivity contribution in [3.8, 4) is 90.3 Å². The van der Waals surface area contributed by atoms with Gasteiger partial charge in [-0.05, 0) is 140 Å². The SMILES string of the molecule is CC(C)(C)c1ccnc(-n2c3[c-]c4ccc3c3cc(ccc32)-n2c3ccccc3c3cccc(c32)-c2cccc(c2)-n2c3ccccc3c3cc(ccc32)-n2c3ccccc3c3ccc5c(c32)-c2ccccc2-[n+]2[c-]n(c3cccc(c32)-c2ccccc2-5)-c2[c-]c(ccc2)O4)c1.[Pt]. The van der Waals surface area contributed by atoms with Crippen LogP contribution in [0.25, 0.3) is 177 Å². The largest absolute Gasteiger partial charge is 0.510 e. The zero-order valence-electron chi connectivity index (χ0n) is 52.9. The van der Waals surface area contributed by atoms with E-state index in [2.05, 4.69) is 321 Å². The second-order valence-electron chi connectivity index (χ2n) is 26.7. The number of ether oxygens (including phenoxy) is 1. The van der Waals surface area contributed by atoms with Gasteiger partial charge in [0.1, 0.15) is 5.82 Å². The minimum atomic E-state index is -0.120. The second kappa shape index (κ2) is 20.6. The molecule has 13 aromatic carbocycles. The fourth-order valence-corrected chi connectivity index (χ4v) is 16.2. The number of benzene rings is 13. The first-order valence-electron chi connectivity index (χ1n) is 32.9. The molecule has 0 radical (unpaired) electrons. The van der Waals surface area contributed by atoms with E-state index in [1.165, 1.54) is 37.9 Å². The van der Waals surface area contributed by atoms with Crippen molar-refractivity contribution in [3.05, 3.63) is 303 Å². The molecule has 5 aliphatic rings. The molecule has 0 saturated heterocycles. The molecule has 24 rings (SSSR count). The Morgan fingerprint density at radius 1 is 0.381 bits per heavy atom. The van der Waals surface area contributed by atoms with E-state index < -0.39 is 0 Å². The van der Waals surface area contributed by atoms with E-state index in [1.807, 2.05) is 24.4 Å². The van der Waals surface area contributed by atoms with Gasteiger partial charge in [0, 0.05) is 105 Å². The maximum absolute atomic E-state index is 7.00. The van der Waals surface area contributed by atoms with Crippen LogP contribution in [0.3, 0.4) is 0 Å². The monoisotopic (exact) mass is 1420 g/mol. The van der Waals surface area contributed by atoms with Gasteiger partial charge >= 0.3 is 0 Å². The number of rotatable bonds is 1. The van der Waals surface area contributed by atoms with Crippen LogP contribution in [-0.4, -0.2) is 27.8 Å². The summed E-state index contributed by atoms with van der Waals surface area (Å²) in [6.45, 7) is 6.75. The van der Waals surface area contributed by atoms with E-state index in [4.69, 9.17) is 9.72 Å². The number of hydrogen-bond donors (Lipinski definition) is 0. The maximum Gasteiger partial charge on any atom is 0.268 e. The maximum atomic E-state index is 7.00. The van der Waals surface area contributed by atoms with Gasteiger partial charge in [-0.15, -0.1) is 29.7 Å². The molecule has 0 atom stereocenters. The molecular formula is C88H55N7OPt-2. The molecule has 0 spiro atoms. The van der Waals surface area contributed by atoms with Gasteiger partial charge in [0.15, 0.2) is 0 Å². The van der Waals surface area contributed by atoms with E-state index in [0.717, 1.165) is 145 Å². The first-order valence-corrected chi connectivity index (χ1v) is 32.9. The van der Waals surface area contributed by atoms with Crippen LogP contribution in [0.5, 0.6) is 11.5 Å². The summed E-state index contributed by atoms with van der Waals surface area (Å²) in [5.74, 6) is 1.91. The van der Waals surface area contributed by atoms with Crippen molar-refractivity contribution in [2.24, 2.45) is 0 Å². The summed E-state index contributed by atoms with van der Waals surface area (Å²) >= 11 is 0. The average Bonchev–Trinajstić information content (AvgIpc) is 1.57. The van der Waals surface area contributed by atoms with Crippen molar-refractivity contribution in [3.63, 3.8) is 0 Å². The van der Waals surface area contributed by atoms with Crippen molar-refractivity contribution in [2.75, 3.05) is 0 Å². The van der Waals surface area contributed by atoms with Crippen molar-refractivity contribution >= 4 is 98.3 Å². The standard InChI is InChI=1S/C88H55N7O.Pt/c1-88(2,3)54-44-45-89-83(47-54)95-80-43-37-57-49-74(80)67-39-38-60(51-82(67)95)96-59-21-15-19-55(48-59)90-52-91-75-31-10-9-27-72(75)84-68(62-22-4-5-23-63(62)69-30-17-35-81(90)86(69)91)40-41-71-65-25-7-13-34-78(65)94(87(71)84)58-36-42-79-73(50-58)66-26-8-11-32-76(66)92(79)56-20-14-18-53(46-56)61-28-16-29-70-64-24-6-12-33-77(64)93(57)85(61)70;/h4-47,49-50H,1-3H3;/q-2;. The zero-order chi connectivity index (χ0) is 63.2. The van der Waals surface area contributed by atoms with Crippen LogP contribution < -0.4 is 9.30 Å². The van der Waals surface area contributed by atoms with Gasteiger partial charge in [-0.1, -0.05) is 184 Å². The summed E-state index contributed by atoms with van der Waals surface area (Å²) in [4.78, 5) is 5.12. The molecular weight excluding hydrogens is 1370 g/mol. The molecule has 0 amide bonds. The normalized spacial score (nSPS) is 12.5. The van der Waals surface area contributed by atoms with Gasteiger partial charge < -0.3 is 27.6 Å². The van der Waals surface area contributed by atoms with E-state index in [9.17, 15) is 0 Å². The summed E-state index contributed by atoms with van der Waals surface area (Å²) in [5, 5.41) is 9.18. The van der Waals surface area contributed by atoms with Crippen LogP contribution in [0.4, 0.5) is 0 Å². The van der Waals surface area contributed by atoms with Gasteiger partial charge in [0.25, 0.3) is 6.33 Å². The summed E-state index contributed by atoms with van der Waals surface area (Å²) in [5.41, 5.74) is 25.7. The third-order valence-electron chi connectivity index (χ3n) is 20.4. The van der Waals surface area contributed by atoms with Crippen LogP contribution in [0.2, 0.25) is 0 Å². The Morgan fingerprint density at radius 2 is 0.938 bits per heavy atom. The van der Waals surface area contributed by atoms with Gasteiger partial charge in [0.2, 0.25) is 0 Å². The Morgan fingerprint density at radius 3 is 1.71 bits per heavy atom. The van der Waals surface area contributed by atoms with E-state index >= 15 is 0 Å². The number of aromatic nitrogens is 7. The van der Waals surface area contributed by atoms with Gasteiger partial charge in [-0.25, -0.2) is 4.98 Å². The summed E-state index contributed by atoms with van der Waals surface area (Å²) in [7, 11) is 0. The number of hydrogen-bond acceptors (Lipinski definition) is 2. The Hall–Kier alpha value is -11.8. The number of imidazole rings is 1. The molecule has 0 N–H and O–H groups in total. The number of nitrogens with zero attached hydrogens (tertiary/aromatic N) is 7. The minimum Gasteiger partial charge on any atom is -0.510 e. The van der Waals surface area contributed by atoms with E-state index in [-0.39, 0.29) is 26.5 Å².